The number of ether oxygens (including phenoxy) is 1. The molecule has 0 aliphatic carbocycles. The van der Waals surface area contributed by atoms with Gasteiger partial charge in [-0.3, -0.25) is 0 Å². The zero-order valence-electron chi connectivity index (χ0n) is 7.08. The Morgan fingerprint density at radius 1 is 1.50 bits per heavy atom. The second-order valence-corrected chi connectivity index (χ2v) is 3.19. The second-order valence-electron chi connectivity index (χ2n) is 3.19. The Balaban J connectivity index is 2.47. The van der Waals surface area contributed by atoms with Gasteiger partial charge in [0, 0.05) is 12.0 Å². The van der Waals surface area contributed by atoms with Crippen LogP contribution in [0.1, 0.15) is 18.1 Å². The molecule has 0 radical (unpaired) electrons. The Morgan fingerprint density at radius 3 is 3.17 bits per heavy atom. The van der Waals surface area contributed by atoms with Gasteiger partial charge in [0.15, 0.2) is 0 Å². The first-order valence-corrected chi connectivity index (χ1v) is 4.19. The highest BCUT2D eigenvalue weighted by molar-refractivity contribution is 6.32. The molecule has 0 saturated carbocycles. The summed E-state index contributed by atoms with van der Waals surface area (Å²) in [5, 5.41) is 9.61. The SMILES string of the molecule is Bc1ccc2c(c1)C(O)CCO2. The van der Waals surface area contributed by atoms with Crippen molar-refractivity contribution in [2.75, 3.05) is 6.61 Å². The maximum absolute atomic E-state index is 9.61. The summed E-state index contributed by atoms with van der Waals surface area (Å²) in [4.78, 5) is 0. The minimum absolute atomic E-state index is 0.339. The van der Waals surface area contributed by atoms with Crippen LogP contribution in [0.25, 0.3) is 0 Å². The molecular formula is C9H11BO2. The summed E-state index contributed by atoms with van der Waals surface area (Å²) in [6, 6.07) is 5.91. The topological polar surface area (TPSA) is 29.5 Å². The highest BCUT2D eigenvalue weighted by Gasteiger charge is 2.18. The largest absolute Gasteiger partial charge is 0.493 e. The Labute approximate surface area is 72.6 Å². The first-order valence-electron chi connectivity index (χ1n) is 4.19. The van der Waals surface area contributed by atoms with E-state index >= 15 is 0 Å². The predicted molar refractivity (Wildman–Crippen MR) is 49.7 cm³/mol. The minimum Gasteiger partial charge on any atom is -0.493 e. The van der Waals surface area contributed by atoms with E-state index in [1.807, 2.05) is 26.0 Å². The molecular weight excluding hydrogens is 151 g/mol. The summed E-state index contributed by atoms with van der Waals surface area (Å²) in [7, 11) is 2.02. The van der Waals surface area contributed by atoms with E-state index in [1.54, 1.807) is 0 Å². The third-order valence-electron chi connectivity index (χ3n) is 2.17. The number of rotatable bonds is 0. The normalized spacial score (nSPS) is 21.2. The van der Waals surface area contributed by atoms with Gasteiger partial charge in [0.25, 0.3) is 0 Å². The van der Waals surface area contributed by atoms with Gasteiger partial charge >= 0.3 is 0 Å². The lowest BCUT2D eigenvalue weighted by molar-refractivity contribution is 0.115. The van der Waals surface area contributed by atoms with Crippen LogP contribution in [0.4, 0.5) is 0 Å². The molecule has 3 heteroatoms. The molecule has 2 nitrogen and oxygen atoms in total. The number of benzene rings is 1. The Morgan fingerprint density at radius 2 is 2.33 bits per heavy atom. The number of aliphatic hydroxyl groups is 1. The van der Waals surface area contributed by atoms with E-state index in [-0.39, 0.29) is 6.10 Å². The van der Waals surface area contributed by atoms with Crippen molar-refractivity contribution in [3.63, 3.8) is 0 Å². The smallest absolute Gasteiger partial charge is 0.139 e. The van der Waals surface area contributed by atoms with E-state index in [0.717, 1.165) is 11.3 Å². The fourth-order valence-electron chi connectivity index (χ4n) is 1.50. The fraction of sp³-hybridized carbons (Fsp3) is 0.333. The van der Waals surface area contributed by atoms with Crippen LogP contribution in [0.3, 0.4) is 0 Å². The average molecular weight is 162 g/mol. The van der Waals surface area contributed by atoms with Crippen molar-refractivity contribution in [1.82, 2.24) is 0 Å². The van der Waals surface area contributed by atoms with Gasteiger partial charge in [-0.25, -0.2) is 0 Å². The van der Waals surface area contributed by atoms with Gasteiger partial charge in [-0.05, 0) is 6.07 Å². The predicted octanol–water partition coefficient (Wildman–Crippen LogP) is -0.239. The lowest BCUT2D eigenvalue weighted by Gasteiger charge is -2.22. The number of hydrogen-bond acceptors (Lipinski definition) is 2. The van der Waals surface area contributed by atoms with Crippen LogP contribution in [-0.2, 0) is 0 Å². The Hall–Kier alpha value is -0.955. The highest BCUT2D eigenvalue weighted by Crippen LogP contribution is 2.30. The molecule has 1 heterocycles. The quantitative estimate of drug-likeness (QED) is 0.533. The maximum atomic E-state index is 9.61. The molecule has 0 bridgehead atoms. The fourth-order valence-corrected chi connectivity index (χ4v) is 1.50. The molecule has 0 spiro atoms. The highest BCUT2D eigenvalue weighted by atomic mass is 16.5. The van der Waals surface area contributed by atoms with Crippen LogP contribution in [0.15, 0.2) is 18.2 Å². The van der Waals surface area contributed by atoms with E-state index in [2.05, 4.69) is 0 Å². The van der Waals surface area contributed by atoms with Crippen LogP contribution in [0, 0.1) is 0 Å². The van der Waals surface area contributed by atoms with Gasteiger partial charge in [-0.15, -0.1) is 0 Å². The Bertz CT molecular complexity index is 299. The average Bonchev–Trinajstić information content (AvgIpc) is 2.07. The van der Waals surface area contributed by atoms with Crippen molar-refractivity contribution >= 4 is 13.3 Å². The van der Waals surface area contributed by atoms with E-state index in [0.29, 0.717) is 13.0 Å². The van der Waals surface area contributed by atoms with E-state index in [4.69, 9.17) is 4.74 Å². The van der Waals surface area contributed by atoms with Crippen LogP contribution in [-0.4, -0.2) is 19.6 Å². The molecule has 1 N–H and O–H groups in total. The van der Waals surface area contributed by atoms with Crippen LogP contribution in [0.2, 0.25) is 0 Å². The third-order valence-corrected chi connectivity index (χ3v) is 2.17. The molecule has 1 atom stereocenters. The molecule has 0 fully saturated rings. The first kappa shape index (κ1) is 7.68. The van der Waals surface area contributed by atoms with Crippen LogP contribution in [0.5, 0.6) is 5.75 Å². The lowest BCUT2D eigenvalue weighted by atomic mass is 9.91. The third kappa shape index (κ3) is 1.20. The molecule has 2 rings (SSSR count). The molecule has 0 aromatic heterocycles. The summed E-state index contributed by atoms with van der Waals surface area (Å²) >= 11 is 0. The zero-order valence-corrected chi connectivity index (χ0v) is 7.08. The number of hydrogen-bond donors (Lipinski definition) is 1. The van der Waals surface area contributed by atoms with E-state index in [1.165, 1.54) is 5.46 Å². The van der Waals surface area contributed by atoms with E-state index in [9.17, 15) is 5.11 Å². The van der Waals surface area contributed by atoms with Crippen LogP contribution >= 0.6 is 0 Å². The van der Waals surface area contributed by atoms with Gasteiger partial charge < -0.3 is 9.84 Å². The summed E-state index contributed by atoms with van der Waals surface area (Å²) in [6.45, 7) is 0.622. The monoisotopic (exact) mass is 162 g/mol. The summed E-state index contributed by atoms with van der Waals surface area (Å²) in [5.41, 5.74) is 2.10. The molecule has 1 aromatic rings. The van der Waals surface area contributed by atoms with Gasteiger partial charge in [0.1, 0.15) is 13.6 Å². The van der Waals surface area contributed by atoms with Crippen LogP contribution < -0.4 is 10.2 Å². The molecule has 1 aliphatic rings. The molecule has 1 aromatic carbocycles. The minimum atomic E-state index is -0.339. The van der Waals surface area contributed by atoms with Crippen molar-refractivity contribution in [3.8, 4) is 5.75 Å². The summed E-state index contributed by atoms with van der Waals surface area (Å²) < 4.78 is 5.39. The molecule has 12 heavy (non-hydrogen) atoms. The van der Waals surface area contributed by atoms with Crippen molar-refractivity contribution in [1.29, 1.82) is 0 Å². The number of aliphatic hydroxyl groups excluding tert-OH is 1. The molecule has 62 valence electrons. The van der Waals surface area contributed by atoms with Gasteiger partial charge in [0.05, 0.1) is 12.7 Å². The lowest BCUT2D eigenvalue weighted by Crippen LogP contribution is -2.16. The van der Waals surface area contributed by atoms with E-state index < -0.39 is 0 Å². The molecule has 0 amide bonds. The van der Waals surface area contributed by atoms with Crippen molar-refractivity contribution < 1.29 is 9.84 Å². The first-order chi connectivity index (χ1) is 5.77. The van der Waals surface area contributed by atoms with Gasteiger partial charge in [-0.1, -0.05) is 17.6 Å². The molecule has 1 aliphatic heterocycles. The van der Waals surface area contributed by atoms with Crippen molar-refractivity contribution in [2.24, 2.45) is 0 Å². The summed E-state index contributed by atoms with van der Waals surface area (Å²) in [6.07, 6.45) is 0.366. The maximum Gasteiger partial charge on any atom is 0.139 e. The zero-order chi connectivity index (χ0) is 8.55. The van der Waals surface area contributed by atoms with Crippen molar-refractivity contribution in [3.05, 3.63) is 23.8 Å². The standard InChI is InChI=1S/C9H11BO2/c10-6-1-2-9-7(5-6)8(11)3-4-12-9/h1-2,5,8,11H,3-4,10H2. The molecule has 1 unspecified atom stereocenters. The van der Waals surface area contributed by atoms with Gasteiger partial charge in [0.2, 0.25) is 0 Å². The second kappa shape index (κ2) is 2.83. The molecule has 0 saturated heterocycles. The number of fused-ring (bicyclic) bond motifs is 1. The summed E-state index contributed by atoms with van der Waals surface area (Å²) in [5.74, 6) is 0.833. The van der Waals surface area contributed by atoms with Crippen molar-refractivity contribution in [2.45, 2.75) is 12.5 Å². The Kier molecular flexibility index (Phi) is 1.81. The van der Waals surface area contributed by atoms with Gasteiger partial charge in [-0.2, -0.15) is 0 Å².